The number of carbonyl (C=O) groups is 1. The normalized spacial score (nSPS) is 22.2. The number of hydrogen-bond acceptors (Lipinski definition) is 5. The fourth-order valence-electron chi connectivity index (χ4n) is 1.82. The van der Waals surface area contributed by atoms with Crippen molar-refractivity contribution in [3.63, 3.8) is 0 Å². The third kappa shape index (κ3) is 2.73. The Bertz CT molecular complexity index is 541. The monoisotopic (exact) mass is 256 g/mol. The zero-order chi connectivity index (χ0) is 12.5. The highest BCUT2D eigenvalue weighted by Gasteiger charge is 2.28. The van der Waals surface area contributed by atoms with Crippen LogP contribution in [0.25, 0.3) is 0 Å². The zero-order valence-electron chi connectivity index (χ0n) is 8.96. The van der Waals surface area contributed by atoms with E-state index in [9.17, 15) is 13.2 Å². The number of carboxylic acid groups (broad SMARTS) is 1. The van der Waals surface area contributed by atoms with Gasteiger partial charge in [0.25, 0.3) is 0 Å². The van der Waals surface area contributed by atoms with Crippen molar-refractivity contribution in [3.8, 4) is 0 Å². The highest BCUT2D eigenvalue weighted by molar-refractivity contribution is 7.91. The average molecular weight is 256 g/mol. The van der Waals surface area contributed by atoms with Crippen LogP contribution in [0.4, 0.5) is 5.69 Å². The van der Waals surface area contributed by atoms with Crippen LogP contribution in [-0.4, -0.2) is 42.0 Å². The number of sulfone groups is 1. The summed E-state index contributed by atoms with van der Waals surface area (Å²) < 4.78 is 22.6. The van der Waals surface area contributed by atoms with Crippen LogP contribution in [0.2, 0.25) is 0 Å². The Kier molecular flexibility index (Phi) is 3.01. The van der Waals surface area contributed by atoms with Crippen molar-refractivity contribution >= 4 is 21.5 Å². The second-order valence-corrected chi connectivity index (χ2v) is 6.20. The van der Waals surface area contributed by atoms with Crippen LogP contribution < -0.4 is 5.32 Å². The lowest BCUT2D eigenvalue weighted by atomic mass is 10.2. The van der Waals surface area contributed by atoms with Crippen LogP contribution in [0, 0.1) is 0 Å². The molecule has 2 N–H and O–H groups in total. The van der Waals surface area contributed by atoms with E-state index in [1.807, 2.05) is 0 Å². The molecule has 1 aromatic heterocycles. The lowest BCUT2D eigenvalue weighted by molar-refractivity contribution is 0.0697. The van der Waals surface area contributed by atoms with Crippen LogP contribution in [-0.2, 0) is 9.84 Å². The predicted octanol–water partition coefficient (Wildman–Crippen LogP) is 0.379. The zero-order valence-corrected chi connectivity index (χ0v) is 9.77. The van der Waals surface area contributed by atoms with E-state index >= 15 is 0 Å². The molecule has 1 unspecified atom stereocenters. The Morgan fingerprint density at radius 2 is 2.29 bits per heavy atom. The van der Waals surface area contributed by atoms with Crippen molar-refractivity contribution < 1.29 is 18.3 Å². The van der Waals surface area contributed by atoms with E-state index in [2.05, 4.69) is 10.3 Å². The van der Waals surface area contributed by atoms with Gasteiger partial charge in [-0.3, -0.25) is 4.98 Å². The van der Waals surface area contributed by atoms with E-state index in [4.69, 9.17) is 5.11 Å². The minimum atomic E-state index is -2.97. The van der Waals surface area contributed by atoms with Crippen molar-refractivity contribution in [2.45, 2.75) is 12.5 Å². The first kappa shape index (κ1) is 11.8. The van der Waals surface area contributed by atoms with E-state index in [0.29, 0.717) is 12.1 Å². The van der Waals surface area contributed by atoms with E-state index in [1.54, 1.807) is 0 Å². The summed E-state index contributed by atoms with van der Waals surface area (Å²) in [5.41, 5.74) is 0.464. The van der Waals surface area contributed by atoms with Crippen LogP contribution in [0.15, 0.2) is 18.5 Å². The predicted molar refractivity (Wildman–Crippen MR) is 61.9 cm³/mol. The molecule has 0 saturated carbocycles. The maximum atomic E-state index is 11.3. The molecule has 2 heterocycles. The second kappa shape index (κ2) is 4.33. The van der Waals surface area contributed by atoms with Gasteiger partial charge in [-0.15, -0.1) is 0 Å². The number of hydrogen-bond donors (Lipinski definition) is 2. The Morgan fingerprint density at radius 1 is 1.53 bits per heavy atom. The standard InChI is InChI=1S/C10H12N2O4S/c13-10(14)8-5-11-3-1-9(8)12-7-2-4-17(15,16)6-7/h1,3,5,7H,2,4,6H2,(H,11,12)(H,13,14). The number of nitrogens with zero attached hydrogens (tertiary/aromatic N) is 1. The molecule has 6 nitrogen and oxygen atoms in total. The van der Waals surface area contributed by atoms with Gasteiger partial charge in [-0.1, -0.05) is 0 Å². The molecule has 0 bridgehead atoms. The van der Waals surface area contributed by atoms with Crippen LogP contribution in [0.1, 0.15) is 16.8 Å². The quantitative estimate of drug-likeness (QED) is 0.811. The molecule has 1 aliphatic rings. The van der Waals surface area contributed by atoms with Crippen molar-refractivity contribution in [2.75, 3.05) is 16.8 Å². The van der Waals surface area contributed by atoms with E-state index < -0.39 is 15.8 Å². The van der Waals surface area contributed by atoms with E-state index in [0.717, 1.165) is 0 Å². The summed E-state index contributed by atoms with van der Waals surface area (Å²) >= 11 is 0. The molecule has 1 atom stereocenters. The Balaban J connectivity index is 2.17. The minimum Gasteiger partial charge on any atom is -0.478 e. The smallest absolute Gasteiger partial charge is 0.339 e. The Morgan fingerprint density at radius 3 is 2.88 bits per heavy atom. The molecule has 17 heavy (non-hydrogen) atoms. The molecular formula is C10H12N2O4S. The summed E-state index contributed by atoms with van der Waals surface area (Å²) in [7, 11) is -2.97. The summed E-state index contributed by atoms with van der Waals surface area (Å²) in [6, 6.07) is 1.31. The summed E-state index contributed by atoms with van der Waals surface area (Å²) in [5.74, 6) is -0.881. The summed E-state index contributed by atoms with van der Waals surface area (Å²) in [6.07, 6.45) is 3.22. The molecule has 0 radical (unpaired) electrons. The Hall–Kier alpha value is -1.63. The first-order valence-electron chi connectivity index (χ1n) is 5.12. The molecule has 7 heteroatoms. The van der Waals surface area contributed by atoms with E-state index in [-0.39, 0.29) is 23.1 Å². The number of anilines is 1. The SMILES string of the molecule is O=C(O)c1cnccc1NC1CCS(=O)(=O)C1. The van der Waals surface area contributed by atoms with Crippen LogP contribution in [0.3, 0.4) is 0 Å². The first-order valence-corrected chi connectivity index (χ1v) is 6.94. The van der Waals surface area contributed by atoms with Crippen LogP contribution in [0.5, 0.6) is 0 Å². The van der Waals surface area contributed by atoms with Crippen LogP contribution >= 0.6 is 0 Å². The highest BCUT2D eigenvalue weighted by Crippen LogP contribution is 2.20. The summed E-state index contributed by atoms with van der Waals surface area (Å²) in [4.78, 5) is 14.7. The summed E-state index contributed by atoms with van der Waals surface area (Å²) in [6.45, 7) is 0. The molecule has 0 amide bonds. The molecular weight excluding hydrogens is 244 g/mol. The molecule has 1 fully saturated rings. The number of pyridine rings is 1. The number of carboxylic acids is 1. The molecule has 0 aliphatic carbocycles. The van der Waals surface area contributed by atoms with Gasteiger partial charge in [0.1, 0.15) is 5.56 Å². The fraction of sp³-hybridized carbons (Fsp3) is 0.400. The fourth-order valence-corrected chi connectivity index (χ4v) is 3.49. The van der Waals surface area contributed by atoms with Crippen molar-refractivity contribution in [2.24, 2.45) is 0 Å². The summed E-state index contributed by atoms with van der Waals surface area (Å²) in [5, 5.41) is 11.9. The van der Waals surface area contributed by atoms with Crippen molar-refractivity contribution in [3.05, 3.63) is 24.0 Å². The van der Waals surface area contributed by atoms with Gasteiger partial charge in [0.2, 0.25) is 0 Å². The van der Waals surface area contributed by atoms with Gasteiger partial charge in [-0.25, -0.2) is 13.2 Å². The Labute approximate surface area is 98.6 Å². The highest BCUT2D eigenvalue weighted by atomic mass is 32.2. The topological polar surface area (TPSA) is 96.4 Å². The third-order valence-electron chi connectivity index (χ3n) is 2.64. The van der Waals surface area contributed by atoms with Gasteiger partial charge in [-0.05, 0) is 12.5 Å². The van der Waals surface area contributed by atoms with Gasteiger partial charge in [0, 0.05) is 18.4 Å². The second-order valence-electron chi connectivity index (χ2n) is 3.97. The maximum Gasteiger partial charge on any atom is 0.339 e. The van der Waals surface area contributed by atoms with Gasteiger partial charge in [0.05, 0.1) is 17.2 Å². The lowest BCUT2D eigenvalue weighted by Gasteiger charge is -2.13. The maximum absolute atomic E-state index is 11.3. The lowest BCUT2D eigenvalue weighted by Crippen LogP contribution is -2.22. The third-order valence-corrected chi connectivity index (χ3v) is 4.41. The largest absolute Gasteiger partial charge is 0.478 e. The first-order chi connectivity index (χ1) is 7.98. The molecule has 2 rings (SSSR count). The molecule has 0 aromatic carbocycles. The van der Waals surface area contributed by atoms with Gasteiger partial charge in [0.15, 0.2) is 9.84 Å². The van der Waals surface area contributed by atoms with Gasteiger partial charge < -0.3 is 10.4 Å². The molecule has 1 saturated heterocycles. The number of aromatic nitrogens is 1. The molecule has 92 valence electrons. The number of rotatable bonds is 3. The van der Waals surface area contributed by atoms with Crippen molar-refractivity contribution in [1.29, 1.82) is 0 Å². The number of aromatic carboxylic acids is 1. The minimum absolute atomic E-state index is 0.0500. The van der Waals surface area contributed by atoms with E-state index in [1.165, 1.54) is 18.5 Å². The van der Waals surface area contributed by atoms with Gasteiger partial charge >= 0.3 is 5.97 Å². The molecule has 0 spiro atoms. The van der Waals surface area contributed by atoms with Gasteiger partial charge in [-0.2, -0.15) is 0 Å². The molecule has 1 aromatic rings. The number of nitrogens with one attached hydrogen (secondary N) is 1. The average Bonchev–Trinajstić information content (AvgIpc) is 2.58. The van der Waals surface area contributed by atoms with Crippen molar-refractivity contribution in [1.82, 2.24) is 4.98 Å². The molecule has 1 aliphatic heterocycles.